The average Bonchev–Trinajstić information content (AvgIpc) is 2.62. The lowest BCUT2D eigenvalue weighted by Gasteiger charge is -2.15. The Morgan fingerprint density at radius 2 is 1.84 bits per heavy atom. The maximum atomic E-state index is 12.1. The number of quaternary nitrogens is 1. The van der Waals surface area contributed by atoms with Crippen molar-refractivity contribution < 1.29 is 19.2 Å². The summed E-state index contributed by atoms with van der Waals surface area (Å²) in [5.41, 5.74) is 2.21. The van der Waals surface area contributed by atoms with Gasteiger partial charge in [0.05, 0.1) is 20.8 Å². The first kappa shape index (κ1) is 18.8. The summed E-state index contributed by atoms with van der Waals surface area (Å²) in [7, 11) is 3.64. The first-order chi connectivity index (χ1) is 12.1. The number of ether oxygens (including phenoxy) is 2. The van der Waals surface area contributed by atoms with Crippen molar-refractivity contribution in [2.45, 2.75) is 20.0 Å². The van der Waals surface area contributed by atoms with Gasteiger partial charge in [-0.25, -0.2) is 0 Å². The van der Waals surface area contributed by atoms with Gasteiger partial charge in [-0.1, -0.05) is 30.3 Å². The number of likely N-dealkylation sites (N-methyl/N-ethyl adjacent to an activating group) is 1. The summed E-state index contributed by atoms with van der Waals surface area (Å²) in [6.45, 7) is 4.26. The lowest BCUT2D eigenvalue weighted by molar-refractivity contribution is -0.885. The number of carbonyl (C=O) groups excluding carboxylic acids is 1. The fraction of sp³-hybridized carbons (Fsp3) is 0.350. The number of nitrogens with one attached hydrogen (secondary N) is 2. The van der Waals surface area contributed by atoms with Crippen LogP contribution in [0.3, 0.4) is 0 Å². The van der Waals surface area contributed by atoms with Crippen LogP contribution in [0.15, 0.2) is 48.5 Å². The summed E-state index contributed by atoms with van der Waals surface area (Å²) in [4.78, 5) is 13.2. The minimum Gasteiger partial charge on any atom is -0.493 e. The van der Waals surface area contributed by atoms with Crippen LogP contribution >= 0.6 is 0 Å². The van der Waals surface area contributed by atoms with Gasteiger partial charge < -0.3 is 19.7 Å². The molecule has 0 aromatic heterocycles. The van der Waals surface area contributed by atoms with Gasteiger partial charge in [0.2, 0.25) is 0 Å². The van der Waals surface area contributed by atoms with Crippen LogP contribution < -0.4 is 19.7 Å². The van der Waals surface area contributed by atoms with Gasteiger partial charge in [0.15, 0.2) is 18.0 Å². The van der Waals surface area contributed by atoms with Gasteiger partial charge in [-0.15, -0.1) is 0 Å². The smallest absolute Gasteiger partial charge is 0.275 e. The Morgan fingerprint density at radius 1 is 1.08 bits per heavy atom. The quantitative estimate of drug-likeness (QED) is 0.724. The fourth-order valence-corrected chi connectivity index (χ4v) is 2.64. The summed E-state index contributed by atoms with van der Waals surface area (Å²) in [5.74, 6) is 1.51. The maximum Gasteiger partial charge on any atom is 0.275 e. The summed E-state index contributed by atoms with van der Waals surface area (Å²) in [6.07, 6.45) is 0. The van der Waals surface area contributed by atoms with Gasteiger partial charge in [0, 0.05) is 12.1 Å². The lowest BCUT2D eigenvalue weighted by Crippen LogP contribution is -3.08. The predicted octanol–water partition coefficient (Wildman–Crippen LogP) is 1.43. The molecule has 0 saturated carbocycles. The van der Waals surface area contributed by atoms with Gasteiger partial charge in [-0.3, -0.25) is 4.79 Å². The van der Waals surface area contributed by atoms with Crippen LogP contribution in [0.2, 0.25) is 0 Å². The van der Waals surface area contributed by atoms with E-state index in [9.17, 15) is 4.79 Å². The summed E-state index contributed by atoms with van der Waals surface area (Å²) >= 11 is 0. The van der Waals surface area contributed by atoms with Crippen LogP contribution in [0, 0.1) is 0 Å². The lowest BCUT2D eigenvalue weighted by atomic mass is 10.2. The van der Waals surface area contributed by atoms with Gasteiger partial charge in [-0.05, 0) is 30.7 Å². The van der Waals surface area contributed by atoms with Crippen LogP contribution in [0.1, 0.15) is 18.1 Å². The number of hydrogen-bond donors (Lipinski definition) is 2. The molecule has 0 bridgehead atoms. The highest BCUT2D eigenvalue weighted by Gasteiger charge is 2.12. The molecule has 0 aliphatic rings. The van der Waals surface area contributed by atoms with Gasteiger partial charge in [-0.2, -0.15) is 0 Å². The average molecular weight is 343 g/mol. The van der Waals surface area contributed by atoms with Crippen molar-refractivity contribution in [1.82, 2.24) is 5.32 Å². The van der Waals surface area contributed by atoms with E-state index in [4.69, 9.17) is 9.47 Å². The molecule has 0 fully saturated rings. The molecule has 1 atom stereocenters. The number of methoxy groups -OCH3 is 1. The normalized spacial score (nSPS) is 11.6. The molecule has 2 aromatic carbocycles. The molecule has 0 saturated heterocycles. The monoisotopic (exact) mass is 343 g/mol. The van der Waals surface area contributed by atoms with Crippen LogP contribution in [-0.4, -0.2) is 33.2 Å². The standard InChI is InChI=1S/C20H26N2O3/c1-4-25-18-11-10-17(12-19(18)24-3)14-22(2)15-20(23)21-13-16-8-6-5-7-9-16/h5-12H,4,13-15H2,1-3H3,(H,21,23)/p+1. The van der Waals surface area contributed by atoms with E-state index in [1.807, 2.05) is 62.5 Å². The van der Waals surface area contributed by atoms with E-state index in [0.717, 1.165) is 34.1 Å². The number of benzene rings is 2. The molecule has 0 heterocycles. The third-order valence-corrected chi connectivity index (χ3v) is 3.83. The first-order valence-electron chi connectivity index (χ1n) is 8.54. The number of amides is 1. The second-order valence-electron chi connectivity index (χ2n) is 5.99. The molecule has 2 aromatic rings. The molecule has 5 heteroatoms. The van der Waals surface area contributed by atoms with Gasteiger partial charge in [0.1, 0.15) is 6.54 Å². The molecule has 134 valence electrons. The highest BCUT2D eigenvalue weighted by atomic mass is 16.5. The Balaban J connectivity index is 1.84. The third-order valence-electron chi connectivity index (χ3n) is 3.83. The van der Waals surface area contributed by atoms with E-state index in [-0.39, 0.29) is 5.91 Å². The Morgan fingerprint density at radius 3 is 2.52 bits per heavy atom. The topological polar surface area (TPSA) is 52.0 Å². The van der Waals surface area contributed by atoms with E-state index in [0.29, 0.717) is 19.7 Å². The highest BCUT2D eigenvalue weighted by molar-refractivity contribution is 5.76. The van der Waals surface area contributed by atoms with Gasteiger partial charge in [0.25, 0.3) is 5.91 Å². The molecule has 0 aliphatic heterocycles. The van der Waals surface area contributed by atoms with Crippen LogP contribution in [0.25, 0.3) is 0 Å². The summed E-state index contributed by atoms with van der Waals surface area (Å²) in [5, 5.41) is 2.96. The number of carbonyl (C=O) groups is 1. The molecule has 25 heavy (non-hydrogen) atoms. The van der Waals surface area contributed by atoms with Crippen molar-refractivity contribution in [1.29, 1.82) is 0 Å². The predicted molar refractivity (Wildman–Crippen MR) is 97.9 cm³/mol. The second kappa shape index (κ2) is 9.69. The van der Waals surface area contributed by atoms with Crippen molar-refractivity contribution in [3.8, 4) is 11.5 Å². The largest absolute Gasteiger partial charge is 0.493 e. The Bertz CT molecular complexity index is 674. The van der Waals surface area contributed by atoms with E-state index in [1.54, 1.807) is 7.11 Å². The van der Waals surface area contributed by atoms with E-state index >= 15 is 0 Å². The number of hydrogen-bond acceptors (Lipinski definition) is 3. The van der Waals surface area contributed by atoms with Crippen molar-refractivity contribution in [3.63, 3.8) is 0 Å². The van der Waals surface area contributed by atoms with E-state index in [1.165, 1.54) is 0 Å². The summed E-state index contributed by atoms with van der Waals surface area (Å²) < 4.78 is 10.9. The van der Waals surface area contributed by atoms with Crippen LogP contribution in [0.4, 0.5) is 0 Å². The zero-order chi connectivity index (χ0) is 18.1. The Labute approximate surface area is 149 Å². The zero-order valence-corrected chi connectivity index (χ0v) is 15.2. The van der Waals surface area contributed by atoms with E-state index in [2.05, 4.69) is 5.32 Å². The molecule has 0 spiro atoms. The SMILES string of the molecule is CCOc1ccc(C[NH+](C)CC(=O)NCc2ccccc2)cc1OC. The highest BCUT2D eigenvalue weighted by Crippen LogP contribution is 2.27. The molecule has 1 amide bonds. The molecule has 1 unspecified atom stereocenters. The van der Waals surface area contributed by atoms with Crippen molar-refractivity contribution >= 4 is 5.91 Å². The third kappa shape index (κ3) is 6.12. The molecule has 0 aliphatic carbocycles. The summed E-state index contributed by atoms with van der Waals surface area (Å²) in [6, 6.07) is 15.8. The molecule has 0 radical (unpaired) electrons. The molecular formula is C20H27N2O3+. The van der Waals surface area contributed by atoms with Crippen LogP contribution in [0.5, 0.6) is 11.5 Å². The first-order valence-corrected chi connectivity index (χ1v) is 8.54. The fourth-order valence-electron chi connectivity index (χ4n) is 2.64. The van der Waals surface area contributed by atoms with Crippen molar-refractivity contribution in [3.05, 3.63) is 59.7 Å². The van der Waals surface area contributed by atoms with Crippen molar-refractivity contribution in [2.24, 2.45) is 0 Å². The molecular weight excluding hydrogens is 316 g/mol. The second-order valence-corrected chi connectivity index (χ2v) is 5.99. The minimum absolute atomic E-state index is 0.0410. The minimum atomic E-state index is 0.0410. The van der Waals surface area contributed by atoms with E-state index < -0.39 is 0 Å². The van der Waals surface area contributed by atoms with Gasteiger partial charge >= 0.3 is 0 Å². The molecule has 2 rings (SSSR count). The molecule has 2 N–H and O–H groups in total. The zero-order valence-electron chi connectivity index (χ0n) is 15.2. The van der Waals surface area contributed by atoms with Crippen molar-refractivity contribution in [2.75, 3.05) is 27.3 Å². The molecule has 5 nitrogen and oxygen atoms in total. The van der Waals surface area contributed by atoms with Crippen LogP contribution in [-0.2, 0) is 17.9 Å². The Kier molecular flexibility index (Phi) is 7.29. The maximum absolute atomic E-state index is 12.1. The Hall–Kier alpha value is -2.53. The number of rotatable bonds is 9.